The van der Waals surface area contributed by atoms with Crippen LogP contribution in [0, 0.1) is 5.92 Å². The minimum Gasteiger partial charge on any atom is -0.352 e. The number of aromatic nitrogens is 2. The maximum atomic E-state index is 12.7. The standard InChI is InChI=1S/C25H29BrN4O2/c1-16(27-24(31)21-14-20(21)17-5-3-2-4-6-17)15-29-11-9-19(10-12-29)30-23-8-7-18(26)13-22(23)28-25(30)32/h2-8,13,16,19-21H,9-12,14-15H2,1H3,(H,27,31)(H,28,32). The van der Waals surface area contributed by atoms with Crippen LogP contribution in [0.1, 0.15) is 43.7 Å². The third-order valence-corrected chi connectivity index (χ3v) is 7.37. The van der Waals surface area contributed by atoms with Crippen molar-refractivity contribution in [2.45, 2.75) is 44.2 Å². The van der Waals surface area contributed by atoms with Crippen LogP contribution in [0.3, 0.4) is 0 Å². The van der Waals surface area contributed by atoms with Gasteiger partial charge in [0.1, 0.15) is 0 Å². The molecule has 1 aliphatic heterocycles. The lowest BCUT2D eigenvalue weighted by atomic mass is 10.0. The molecule has 0 bridgehead atoms. The first-order valence-corrected chi connectivity index (χ1v) is 12.3. The molecule has 2 fully saturated rings. The number of hydrogen-bond acceptors (Lipinski definition) is 3. The topological polar surface area (TPSA) is 70.1 Å². The van der Waals surface area contributed by atoms with Crippen LogP contribution in [-0.2, 0) is 4.79 Å². The monoisotopic (exact) mass is 496 g/mol. The molecule has 1 aromatic heterocycles. The summed E-state index contributed by atoms with van der Waals surface area (Å²) in [4.78, 5) is 30.6. The molecular weight excluding hydrogens is 468 g/mol. The van der Waals surface area contributed by atoms with E-state index >= 15 is 0 Å². The van der Waals surface area contributed by atoms with E-state index in [4.69, 9.17) is 0 Å². The predicted molar refractivity (Wildman–Crippen MR) is 130 cm³/mol. The molecule has 2 aromatic carbocycles. The van der Waals surface area contributed by atoms with Crippen molar-refractivity contribution in [3.63, 3.8) is 0 Å². The molecule has 1 saturated heterocycles. The summed E-state index contributed by atoms with van der Waals surface area (Å²) >= 11 is 3.47. The maximum absolute atomic E-state index is 12.7. The summed E-state index contributed by atoms with van der Waals surface area (Å²) in [6.45, 7) is 4.79. The van der Waals surface area contributed by atoms with Gasteiger partial charge in [0.15, 0.2) is 0 Å². The lowest BCUT2D eigenvalue weighted by Crippen LogP contribution is -2.45. The second-order valence-corrected chi connectivity index (χ2v) is 10.2. The van der Waals surface area contributed by atoms with E-state index in [1.807, 2.05) is 41.0 Å². The number of H-pyrrole nitrogens is 1. The summed E-state index contributed by atoms with van der Waals surface area (Å²) in [5.74, 6) is 0.659. The highest BCUT2D eigenvalue weighted by atomic mass is 79.9. The summed E-state index contributed by atoms with van der Waals surface area (Å²) in [6.07, 6.45) is 2.81. The van der Waals surface area contributed by atoms with Crippen molar-refractivity contribution in [2.75, 3.05) is 19.6 Å². The molecule has 5 rings (SSSR count). The average molecular weight is 497 g/mol. The fourth-order valence-corrected chi connectivity index (χ4v) is 5.52. The van der Waals surface area contributed by atoms with Crippen molar-refractivity contribution >= 4 is 32.9 Å². The number of hydrogen-bond donors (Lipinski definition) is 2. The van der Waals surface area contributed by atoms with Crippen LogP contribution in [-0.4, -0.2) is 46.0 Å². The van der Waals surface area contributed by atoms with Crippen molar-refractivity contribution < 1.29 is 4.79 Å². The zero-order valence-corrected chi connectivity index (χ0v) is 19.8. The Morgan fingerprint density at radius 3 is 2.69 bits per heavy atom. The number of amides is 1. The molecule has 0 radical (unpaired) electrons. The molecule has 1 amide bonds. The Kier molecular flexibility index (Phi) is 5.95. The van der Waals surface area contributed by atoms with Gasteiger partial charge in [-0.05, 0) is 55.9 Å². The highest BCUT2D eigenvalue weighted by molar-refractivity contribution is 9.10. The van der Waals surface area contributed by atoms with E-state index in [1.54, 1.807) is 0 Å². The van der Waals surface area contributed by atoms with E-state index in [1.165, 1.54) is 5.56 Å². The van der Waals surface area contributed by atoms with Crippen LogP contribution < -0.4 is 11.0 Å². The molecule has 0 spiro atoms. The average Bonchev–Trinajstić information content (AvgIpc) is 3.52. The fraction of sp³-hybridized carbons (Fsp3) is 0.440. The Balaban J connectivity index is 1.13. The zero-order chi connectivity index (χ0) is 22.2. The molecule has 7 heteroatoms. The number of fused-ring (bicyclic) bond motifs is 1. The van der Waals surface area contributed by atoms with Gasteiger partial charge in [-0.25, -0.2) is 4.79 Å². The molecular formula is C25H29BrN4O2. The van der Waals surface area contributed by atoms with Crippen molar-refractivity contribution in [3.05, 3.63) is 69.1 Å². The first kappa shape index (κ1) is 21.5. The van der Waals surface area contributed by atoms with E-state index in [0.717, 1.165) is 54.4 Å². The molecule has 168 valence electrons. The Hall–Kier alpha value is -2.38. The Morgan fingerprint density at radius 1 is 1.19 bits per heavy atom. The van der Waals surface area contributed by atoms with Gasteiger partial charge in [0.2, 0.25) is 5.91 Å². The van der Waals surface area contributed by atoms with E-state index in [-0.39, 0.29) is 29.6 Å². The van der Waals surface area contributed by atoms with Crippen LogP contribution in [0.2, 0.25) is 0 Å². The Morgan fingerprint density at radius 2 is 1.94 bits per heavy atom. The summed E-state index contributed by atoms with van der Waals surface area (Å²) in [5.41, 5.74) is 3.07. The van der Waals surface area contributed by atoms with Gasteiger partial charge < -0.3 is 15.2 Å². The first-order valence-electron chi connectivity index (χ1n) is 11.5. The summed E-state index contributed by atoms with van der Waals surface area (Å²) in [5, 5.41) is 3.22. The number of aromatic amines is 1. The second kappa shape index (κ2) is 8.87. The van der Waals surface area contributed by atoms with Gasteiger partial charge in [-0.15, -0.1) is 0 Å². The minimum absolute atomic E-state index is 0.0328. The number of benzene rings is 2. The van der Waals surface area contributed by atoms with Crippen LogP contribution in [0.5, 0.6) is 0 Å². The molecule has 1 aliphatic carbocycles. The van der Waals surface area contributed by atoms with Gasteiger partial charge >= 0.3 is 5.69 Å². The number of carbonyl (C=O) groups excluding carboxylic acids is 1. The molecule has 3 unspecified atom stereocenters. The van der Waals surface area contributed by atoms with E-state index < -0.39 is 0 Å². The predicted octanol–water partition coefficient (Wildman–Crippen LogP) is 4.04. The third kappa shape index (κ3) is 4.41. The number of halogens is 1. The third-order valence-electron chi connectivity index (χ3n) is 6.88. The summed E-state index contributed by atoms with van der Waals surface area (Å²) in [6, 6.07) is 16.6. The van der Waals surface area contributed by atoms with Gasteiger partial charge in [0.05, 0.1) is 11.0 Å². The van der Waals surface area contributed by atoms with Gasteiger partial charge in [0, 0.05) is 42.1 Å². The highest BCUT2D eigenvalue weighted by Gasteiger charge is 2.44. The number of rotatable bonds is 6. The van der Waals surface area contributed by atoms with Crippen LogP contribution in [0.15, 0.2) is 57.8 Å². The number of nitrogens with zero attached hydrogens (tertiary/aromatic N) is 2. The van der Waals surface area contributed by atoms with E-state index in [2.05, 4.69) is 50.2 Å². The quantitative estimate of drug-likeness (QED) is 0.540. The second-order valence-electron chi connectivity index (χ2n) is 9.26. The number of piperidine rings is 1. The molecule has 6 nitrogen and oxygen atoms in total. The summed E-state index contributed by atoms with van der Waals surface area (Å²) < 4.78 is 2.88. The number of likely N-dealkylation sites (tertiary alicyclic amines) is 1. The van der Waals surface area contributed by atoms with Gasteiger partial charge in [-0.2, -0.15) is 0 Å². The normalized spacial score (nSPS) is 22.7. The summed E-state index contributed by atoms with van der Waals surface area (Å²) in [7, 11) is 0. The SMILES string of the molecule is CC(CN1CCC(n2c(=O)[nH]c3cc(Br)ccc32)CC1)NC(=O)C1CC1c1ccccc1. The molecule has 32 heavy (non-hydrogen) atoms. The molecule has 2 aliphatic rings. The molecule has 2 N–H and O–H groups in total. The molecule has 2 heterocycles. The van der Waals surface area contributed by atoms with Crippen molar-refractivity contribution in [1.82, 2.24) is 19.8 Å². The van der Waals surface area contributed by atoms with Crippen LogP contribution in [0.4, 0.5) is 0 Å². The Labute approximate surface area is 196 Å². The van der Waals surface area contributed by atoms with Gasteiger partial charge in [0.25, 0.3) is 0 Å². The fourth-order valence-electron chi connectivity index (χ4n) is 5.16. The zero-order valence-electron chi connectivity index (χ0n) is 18.3. The van der Waals surface area contributed by atoms with Gasteiger partial charge in [-0.1, -0.05) is 46.3 Å². The molecule has 3 aromatic rings. The van der Waals surface area contributed by atoms with Crippen molar-refractivity contribution in [1.29, 1.82) is 0 Å². The number of nitrogens with one attached hydrogen (secondary N) is 2. The van der Waals surface area contributed by atoms with Crippen molar-refractivity contribution in [2.24, 2.45) is 5.92 Å². The van der Waals surface area contributed by atoms with E-state index in [9.17, 15) is 9.59 Å². The molecule has 3 atom stereocenters. The van der Waals surface area contributed by atoms with Crippen molar-refractivity contribution in [3.8, 4) is 0 Å². The number of carbonyl (C=O) groups is 1. The lowest BCUT2D eigenvalue weighted by Gasteiger charge is -2.34. The largest absolute Gasteiger partial charge is 0.352 e. The Bertz CT molecular complexity index is 1160. The van der Waals surface area contributed by atoms with E-state index in [0.29, 0.717) is 5.92 Å². The van der Waals surface area contributed by atoms with Crippen LogP contribution in [0.25, 0.3) is 11.0 Å². The smallest absolute Gasteiger partial charge is 0.326 e. The van der Waals surface area contributed by atoms with Gasteiger partial charge in [-0.3, -0.25) is 9.36 Å². The lowest BCUT2D eigenvalue weighted by molar-refractivity contribution is -0.123. The first-order chi connectivity index (χ1) is 15.5. The number of imidazole rings is 1. The maximum Gasteiger partial charge on any atom is 0.326 e. The molecule has 1 saturated carbocycles. The minimum atomic E-state index is -0.0328. The highest BCUT2D eigenvalue weighted by Crippen LogP contribution is 2.47. The van der Waals surface area contributed by atoms with Crippen LogP contribution >= 0.6 is 15.9 Å².